The van der Waals surface area contributed by atoms with Crippen molar-refractivity contribution in [2.24, 2.45) is 5.73 Å². The van der Waals surface area contributed by atoms with E-state index < -0.39 is 5.91 Å². The molecule has 0 radical (unpaired) electrons. The molecule has 1 heterocycles. The van der Waals surface area contributed by atoms with Crippen LogP contribution in [0.3, 0.4) is 0 Å². The van der Waals surface area contributed by atoms with E-state index in [1.54, 1.807) is 0 Å². The van der Waals surface area contributed by atoms with E-state index in [-0.39, 0.29) is 11.1 Å². The van der Waals surface area contributed by atoms with Crippen LogP contribution in [0.25, 0.3) is 11.3 Å². The molecule has 5 nitrogen and oxygen atoms in total. The highest BCUT2D eigenvalue weighted by molar-refractivity contribution is 5.94. The number of fused-ring (bicyclic) bond motifs is 4. The van der Waals surface area contributed by atoms with Crippen LogP contribution in [0.15, 0.2) is 22.7 Å². The number of rotatable bonds is 3. The number of nitrogens with zero attached hydrogens (tertiary/aromatic N) is 1. The van der Waals surface area contributed by atoms with Gasteiger partial charge in [-0.3, -0.25) is 4.79 Å². The number of amides is 1. The lowest BCUT2D eigenvalue weighted by atomic mass is 9.78. The number of nitrogens with two attached hydrogens (primary N) is 1. The molecule has 1 spiro atoms. The average Bonchev–Trinajstić information content (AvgIpc) is 3.40. The summed E-state index contributed by atoms with van der Waals surface area (Å²) in [5.74, 6) is 1.03. The Labute approximate surface area is 127 Å². The van der Waals surface area contributed by atoms with E-state index in [4.69, 9.17) is 15.0 Å². The van der Waals surface area contributed by atoms with Gasteiger partial charge in [0, 0.05) is 16.5 Å². The summed E-state index contributed by atoms with van der Waals surface area (Å²) in [4.78, 5) is 11.6. The van der Waals surface area contributed by atoms with Crippen LogP contribution in [0, 0.1) is 0 Å². The summed E-state index contributed by atoms with van der Waals surface area (Å²) in [6, 6.07) is 6.23. The molecule has 0 atom stereocenters. The molecular formula is C17H16N2O3. The third kappa shape index (κ3) is 1.65. The number of aromatic nitrogens is 1. The van der Waals surface area contributed by atoms with Crippen LogP contribution >= 0.6 is 0 Å². The van der Waals surface area contributed by atoms with Gasteiger partial charge in [-0.05, 0) is 49.8 Å². The number of carbonyl (C=O) groups excluding carboxylic acids is 1. The second-order valence-corrected chi connectivity index (χ2v) is 6.68. The molecule has 1 aromatic heterocycles. The number of benzene rings is 1. The van der Waals surface area contributed by atoms with Crippen LogP contribution in [0.1, 0.15) is 47.3 Å². The molecule has 1 amide bonds. The number of ether oxygens (including phenoxy) is 1. The minimum atomic E-state index is -0.519. The Morgan fingerprint density at radius 3 is 2.86 bits per heavy atom. The highest BCUT2D eigenvalue weighted by Crippen LogP contribution is 2.58. The number of carbonyl (C=O) groups is 1. The molecule has 112 valence electrons. The van der Waals surface area contributed by atoms with Gasteiger partial charge in [0.15, 0.2) is 11.5 Å². The van der Waals surface area contributed by atoms with Gasteiger partial charge < -0.3 is 15.0 Å². The fourth-order valence-corrected chi connectivity index (χ4v) is 3.53. The van der Waals surface area contributed by atoms with Crippen molar-refractivity contribution in [3.8, 4) is 17.1 Å². The minimum absolute atomic E-state index is 0.135. The maximum atomic E-state index is 11.6. The van der Waals surface area contributed by atoms with Crippen molar-refractivity contribution in [2.75, 3.05) is 0 Å². The summed E-state index contributed by atoms with van der Waals surface area (Å²) in [6.45, 7) is 0. The Kier molecular flexibility index (Phi) is 2.18. The lowest BCUT2D eigenvalue weighted by molar-refractivity contribution is 0.0991. The van der Waals surface area contributed by atoms with Crippen molar-refractivity contribution in [2.45, 2.75) is 43.6 Å². The van der Waals surface area contributed by atoms with E-state index in [0.717, 1.165) is 49.0 Å². The Hall–Kier alpha value is -2.30. The zero-order valence-electron chi connectivity index (χ0n) is 12.1. The second-order valence-electron chi connectivity index (χ2n) is 6.68. The van der Waals surface area contributed by atoms with Gasteiger partial charge in [0.2, 0.25) is 0 Å². The Balaban J connectivity index is 1.67. The first-order chi connectivity index (χ1) is 10.7. The Morgan fingerprint density at radius 1 is 1.36 bits per heavy atom. The molecule has 0 unspecified atom stereocenters. The van der Waals surface area contributed by atoms with Gasteiger partial charge in [-0.15, -0.1) is 0 Å². The smallest absolute Gasteiger partial charge is 0.271 e. The molecule has 5 rings (SSSR count). The van der Waals surface area contributed by atoms with Gasteiger partial charge in [-0.25, -0.2) is 0 Å². The van der Waals surface area contributed by atoms with E-state index in [9.17, 15) is 4.79 Å². The van der Waals surface area contributed by atoms with E-state index in [0.29, 0.717) is 11.9 Å². The maximum absolute atomic E-state index is 11.6. The van der Waals surface area contributed by atoms with E-state index >= 15 is 0 Å². The fourth-order valence-electron chi connectivity index (χ4n) is 3.53. The molecule has 0 aliphatic heterocycles. The molecule has 3 aliphatic carbocycles. The Bertz CT molecular complexity index is 800. The number of primary amides is 1. The fraction of sp³-hybridized carbons (Fsp3) is 0.412. The molecule has 1 aromatic carbocycles. The average molecular weight is 296 g/mol. The molecule has 2 fully saturated rings. The predicted octanol–water partition coefficient (Wildman–Crippen LogP) is 2.57. The van der Waals surface area contributed by atoms with Crippen molar-refractivity contribution in [3.05, 3.63) is 35.0 Å². The van der Waals surface area contributed by atoms with Crippen molar-refractivity contribution in [1.82, 2.24) is 5.16 Å². The molecule has 5 heteroatoms. The number of hydrogen-bond donors (Lipinski definition) is 1. The predicted molar refractivity (Wildman–Crippen MR) is 78.7 cm³/mol. The first-order valence-electron chi connectivity index (χ1n) is 7.76. The van der Waals surface area contributed by atoms with Gasteiger partial charge in [0.1, 0.15) is 5.75 Å². The summed E-state index contributed by atoms with van der Waals surface area (Å²) in [5, 5.41) is 3.90. The summed E-state index contributed by atoms with van der Waals surface area (Å²) < 4.78 is 11.4. The molecule has 2 aromatic rings. The quantitative estimate of drug-likeness (QED) is 0.944. The normalized spacial score (nSPS) is 20.4. The van der Waals surface area contributed by atoms with Crippen molar-refractivity contribution < 1.29 is 14.1 Å². The van der Waals surface area contributed by atoms with Crippen LogP contribution in [0.4, 0.5) is 0 Å². The van der Waals surface area contributed by atoms with Gasteiger partial charge in [0.05, 0.1) is 6.10 Å². The van der Waals surface area contributed by atoms with E-state index in [2.05, 4.69) is 11.2 Å². The highest BCUT2D eigenvalue weighted by atomic mass is 16.5. The molecule has 2 N–H and O–H groups in total. The van der Waals surface area contributed by atoms with Crippen molar-refractivity contribution in [3.63, 3.8) is 0 Å². The van der Waals surface area contributed by atoms with Crippen LogP contribution in [0.2, 0.25) is 0 Å². The molecule has 2 saturated carbocycles. The van der Waals surface area contributed by atoms with E-state index in [1.165, 1.54) is 5.56 Å². The van der Waals surface area contributed by atoms with Crippen molar-refractivity contribution in [1.29, 1.82) is 0 Å². The van der Waals surface area contributed by atoms with Crippen molar-refractivity contribution >= 4 is 5.91 Å². The van der Waals surface area contributed by atoms with Crippen LogP contribution < -0.4 is 10.5 Å². The lowest BCUT2D eigenvalue weighted by Gasteiger charge is -2.24. The SMILES string of the molecule is NC(=O)c1noc2c1CC1(CC1)c1ccc(OC3CC3)cc1-2. The van der Waals surface area contributed by atoms with E-state index in [1.807, 2.05) is 12.1 Å². The van der Waals surface area contributed by atoms with Crippen LogP contribution in [-0.4, -0.2) is 17.2 Å². The minimum Gasteiger partial charge on any atom is -0.490 e. The van der Waals surface area contributed by atoms with Crippen LogP contribution in [-0.2, 0) is 11.8 Å². The van der Waals surface area contributed by atoms with Gasteiger partial charge >= 0.3 is 0 Å². The summed E-state index contributed by atoms with van der Waals surface area (Å²) >= 11 is 0. The van der Waals surface area contributed by atoms with Gasteiger partial charge in [-0.1, -0.05) is 11.2 Å². The second kappa shape index (κ2) is 3.91. The molecule has 0 saturated heterocycles. The molecule has 3 aliphatic rings. The zero-order chi connectivity index (χ0) is 14.9. The lowest BCUT2D eigenvalue weighted by Crippen LogP contribution is -2.21. The standard InChI is InChI=1S/C17H16N2O3/c18-16(20)14-12-8-17(5-6-17)13-4-3-10(21-9-1-2-9)7-11(13)15(12)22-19-14/h3-4,7,9H,1-2,5-6,8H2,(H2,18,20). The molecule has 22 heavy (non-hydrogen) atoms. The Morgan fingerprint density at radius 2 is 2.18 bits per heavy atom. The van der Waals surface area contributed by atoms with Gasteiger partial charge in [-0.2, -0.15) is 0 Å². The van der Waals surface area contributed by atoms with Crippen LogP contribution in [0.5, 0.6) is 5.75 Å². The first-order valence-corrected chi connectivity index (χ1v) is 7.76. The maximum Gasteiger partial charge on any atom is 0.271 e. The number of hydrogen-bond acceptors (Lipinski definition) is 4. The zero-order valence-corrected chi connectivity index (χ0v) is 12.1. The highest BCUT2D eigenvalue weighted by Gasteiger charge is 2.50. The van der Waals surface area contributed by atoms with Gasteiger partial charge in [0.25, 0.3) is 5.91 Å². The largest absolute Gasteiger partial charge is 0.490 e. The molecule has 0 bridgehead atoms. The summed E-state index contributed by atoms with van der Waals surface area (Å²) in [6.07, 6.45) is 5.66. The molecular weight excluding hydrogens is 280 g/mol. The summed E-state index contributed by atoms with van der Waals surface area (Å²) in [7, 11) is 0. The first kappa shape index (κ1) is 12.3. The summed E-state index contributed by atoms with van der Waals surface area (Å²) in [5.41, 5.74) is 9.00. The third-order valence-corrected chi connectivity index (χ3v) is 5.02. The third-order valence-electron chi connectivity index (χ3n) is 5.02. The topological polar surface area (TPSA) is 78.4 Å². The monoisotopic (exact) mass is 296 g/mol.